The van der Waals surface area contributed by atoms with E-state index in [0.717, 1.165) is 6.42 Å². The van der Waals surface area contributed by atoms with Gasteiger partial charge in [0, 0.05) is 38.8 Å². The van der Waals surface area contributed by atoms with E-state index in [4.69, 9.17) is 4.74 Å². The predicted octanol–water partition coefficient (Wildman–Crippen LogP) is 2.62. The van der Waals surface area contributed by atoms with E-state index in [9.17, 15) is 19.5 Å². The molecule has 0 aromatic rings. The van der Waals surface area contributed by atoms with Crippen LogP contribution in [0.2, 0.25) is 0 Å². The summed E-state index contributed by atoms with van der Waals surface area (Å²) in [7, 11) is 0. The Morgan fingerprint density at radius 1 is 1.22 bits per heavy atom. The Hall–Kier alpha value is -2.19. The number of aliphatic hydroxyl groups is 1. The van der Waals surface area contributed by atoms with Crippen molar-refractivity contribution in [3.63, 3.8) is 0 Å². The summed E-state index contributed by atoms with van der Waals surface area (Å²) >= 11 is 0. The van der Waals surface area contributed by atoms with Gasteiger partial charge in [0.2, 0.25) is 17.7 Å². The molecule has 3 amide bonds. The van der Waals surface area contributed by atoms with Gasteiger partial charge in [0.25, 0.3) is 0 Å². The molecule has 2 bridgehead atoms. The van der Waals surface area contributed by atoms with Gasteiger partial charge in [0.05, 0.1) is 17.4 Å². The smallest absolute Gasteiger partial charge is 0.248 e. The number of hydrogen-bond acceptors (Lipinski definition) is 5. The number of fused-ring (bicyclic) bond motifs is 1. The molecule has 6 atom stereocenters. The van der Waals surface area contributed by atoms with Crippen LogP contribution in [0.15, 0.2) is 25.3 Å². The van der Waals surface area contributed by atoms with Crippen LogP contribution in [0.5, 0.6) is 0 Å². The van der Waals surface area contributed by atoms with Crippen LogP contribution >= 0.6 is 0 Å². The van der Waals surface area contributed by atoms with Gasteiger partial charge < -0.3 is 24.5 Å². The van der Waals surface area contributed by atoms with Crippen LogP contribution in [0.3, 0.4) is 0 Å². The Bertz CT molecular complexity index is 875. The van der Waals surface area contributed by atoms with E-state index in [1.54, 1.807) is 26.9 Å². The van der Waals surface area contributed by atoms with E-state index in [1.165, 1.54) is 0 Å². The molecule has 3 saturated heterocycles. The summed E-state index contributed by atoms with van der Waals surface area (Å²) in [6, 6.07) is -0.894. The molecule has 0 aromatic heterocycles. The maximum absolute atomic E-state index is 14.2. The summed E-state index contributed by atoms with van der Waals surface area (Å²) in [4.78, 5) is 47.5. The summed E-state index contributed by atoms with van der Waals surface area (Å²) in [5.41, 5.74) is -1.89. The second kappa shape index (κ2) is 11.1. The molecule has 1 spiro atoms. The fourth-order valence-electron chi connectivity index (χ4n) is 6.79. The van der Waals surface area contributed by atoms with Crippen molar-refractivity contribution < 1.29 is 24.2 Å². The van der Waals surface area contributed by atoms with Gasteiger partial charge in [-0.3, -0.25) is 14.4 Å². The lowest BCUT2D eigenvalue weighted by molar-refractivity contribution is -0.155. The molecule has 0 saturated carbocycles. The van der Waals surface area contributed by atoms with Crippen molar-refractivity contribution in [2.24, 2.45) is 17.8 Å². The summed E-state index contributed by atoms with van der Waals surface area (Å²) < 4.78 is 6.81. The van der Waals surface area contributed by atoms with Gasteiger partial charge in [-0.05, 0) is 52.4 Å². The molecule has 3 heterocycles. The second-order valence-corrected chi connectivity index (χ2v) is 11.1. The average molecular weight is 504 g/mol. The van der Waals surface area contributed by atoms with Gasteiger partial charge in [0.15, 0.2) is 0 Å². The van der Waals surface area contributed by atoms with E-state index in [1.807, 2.05) is 27.7 Å². The van der Waals surface area contributed by atoms with Crippen molar-refractivity contribution in [1.82, 2.24) is 14.7 Å². The van der Waals surface area contributed by atoms with E-state index in [2.05, 4.69) is 20.1 Å². The van der Waals surface area contributed by atoms with E-state index < -0.39 is 29.1 Å². The standard InChI is InChI=1S/C28H45N3O5/c1-8-13-29(14-9-2)24(33)21-22-25(34)31(16-11-12-17-32)23(26(35)30(15-10-3)19(4)5)28(22)18-20(6)27(21,7)36-28/h8,10,19-23,32H,1,3,9,11-18H2,2,4-7H3/t20?,21-,22+,23?,27+,28?/m1/s1. The highest BCUT2D eigenvalue weighted by Crippen LogP contribution is 2.65. The molecule has 8 nitrogen and oxygen atoms in total. The molecular weight excluding hydrogens is 458 g/mol. The Morgan fingerprint density at radius 3 is 2.44 bits per heavy atom. The van der Waals surface area contributed by atoms with Crippen LogP contribution in [-0.2, 0) is 19.1 Å². The number of hydrogen-bond donors (Lipinski definition) is 1. The van der Waals surface area contributed by atoms with Crippen molar-refractivity contribution in [1.29, 1.82) is 0 Å². The second-order valence-electron chi connectivity index (χ2n) is 11.1. The Kier molecular flexibility index (Phi) is 8.71. The topological polar surface area (TPSA) is 90.4 Å². The molecular formula is C28H45N3O5. The minimum Gasteiger partial charge on any atom is -0.396 e. The van der Waals surface area contributed by atoms with Crippen molar-refractivity contribution in [3.8, 4) is 0 Å². The van der Waals surface area contributed by atoms with Crippen molar-refractivity contribution >= 4 is 17.7 Å². The van der Waals surface area contributed by atoms with Crippen LogP contribution < -0.4 is 0 Å². The quantitative estimate of drug-likeness (QED) is 0.308. The number of unbranched alkanes of at least 4 members (excludes halogenated alkanes) is 1. The number of likely N-dealkylation sites (tertiary alicyclic amines) is 1. The Balaban J connectivity index is 2.11. The molecule has 202 valence electrons. The Morgan fingerprint density at radius 2 is 1.89 bits per heavy atom. The first-order valence-corrected chi connectivity index (χ1v) is 13.5. The number of amides is 3. The molecule has 36 heavy (non-hydrogen) atoms. The normalized spacial score (nSPS) is 32.6. The van der Waals surface area contributed by atoms with Crippen molar-refractivity contribution in [2.75, 3.05) is 32.8 Å². The molecule has 3 aliphatic rings. The number of nitrogens with zero attached hydrogens (tertiary/aromatic N) is 3. The van der Waals surface area contributed by atoms with Gasteiger partial charge in [-0.25, -0.2) is 0 Å². The minimum atomic E-state index is -1.05. The lowest BCUT2D eigenvalue weighted by Gasteiger charge is -2.39. The monoisotopic (exact) mass is 503 g/mol. The first-order valence-electron chi connectivity index (χ1n) is 13.5. The van der Waals surface area contributed by atoms with Crippen molar-refractivity contribution in [3.05, 3.63) is 25.3 Å². The highest BCUT2D eigenvalue weighted by atomic mass is 16.5. The number of carbonyl (C=O) groups is 3. The van der Waals surface area contributed by atoms with Gasteiger partial charge >= 0.3 is 0 Å². The predicted molar refractivity (Wildman–Crippen MR) is 139 cm³/mol. The maximum atomic E-state index is 14.2. The molecule has 3 unspecified atom stereocenters. The zero-order valence-electron chi connectivity index (χ0n) is 22.7. The number of aliphatic hydroxyl groups excluding tert-OH is 1. The Labute approximate surface area is 216 Å². The van der Waals surface area contributed by atoms with Crippen molar-refractivity contribution in [2.45, 2.75) is 83.6 Å². The lowest BCUT2D eigenvalue weighted by atomic mass is 9.62. The highest BCUT2D eigenvalue weighted by Gasteiger charge is 2.80. The number of rotatable bonds is 13. The third-order valence-corrected chi connectivity index (χ3v) is 8.51. The number of ether oxygens (including phenoxy) is 1. The first-order chi connectivity index (χ1) is 17.0. The van der Waals surface area contributed by atoms with Crippen LogP contribution in [0.1, 0.15) is 60.3 Å². The molecule has 3 fully saturated rings. The molecule has 8 heteroatoms. The molecule has 0 aliphatic carbocycles. The summed E-state index contributed by atoms with van der Waals surface area (Å²) in [5, 5.41) is 9.35. The average Bonchev–Trinajstić information content (AvgIpc) is 3.33. The molecule has 0 radical (unpaired) electrons. The fraction of sp³-hybridized carbons (Fsp3) is 0.750. The summed E-state index contributed by atoms with van der Waals surface area (Å²) in [6.45, 7) is 19.3. The van der Waals surface area contributed by atoms with Crippen LogP contribution in [0.25, 0.3) is 0 Å². The molecule has 0 aromatic carbocycles. The van der Waals surface area contributed by atoms with Crippen LogP contribution in [0.4, 0.5) is 0 Å². The van der Waals surface area contributed by atoms with E-state index >= 15 is 0 Å². The summed E-state index contributed by atoms with van der Waals surface area (Å²) in [5.74, 6) is -1.81. The molecule has 1 N–H and O–H groups in total. The molecule has 3 aliphatic heterocycles. The first kappa shape index (κ1) is 28.4. The van der Waals surface area contributed by atoms with Gasteiger partial charge in [-0.1, -0.05) is 26.0 Å². The van der Waals surface area contributed by atoms with Gasteiger partial charge in [-0.2, -0.15) is 0 Å². The number of carbonyl (C=O) groups excluding carboxylic acids is 3. The van der Waals surface area contributed by atoms with E-state index in [-0.39, 0.29) is 36.3 Å². The zero-order valence-corrected chi connectivity index (χ0v) is 22.7. The minimum absolute atomic E-state index is 0.00213. The van der Waals surface area contributed by atoms with Crippen LogP contribution in [-0.4, -0.2) is 93.6 Å². The fourth-order valence-corrected chi connectivity index (χ4v) is 6.79. The maximum Gasteiger partial charge on any atom is 0.248 e. The molecule has 3 rings (SSSR count). The van der Waals surface area contributed by atoms with Gasteiger partial charge in [0.1, 0.15) is 11.6 Å². The largest absolute Gasteiger partial charge is 0.396 e. The SMILES string of the molecule is C=CCN(CCC)C(=O)[C@H]1[C@H]2C(=O)N(CCCCO)C(C(=O)N(CC=C)C(C)C)C23CC(C)[C@]1(C)O3. The summed E-state index contributed by atoms with van der Waals surface area (Å²) in [6.07, 6.45) is 5.85. The third kappa shape index (κ3) is 4.40. The zero-order chi connectivity index (χ0) is 26.8. The third-order valence-electron chi connectivity index (χ3n) is 8.51. The highest BCUT2D eigenvalue weighted by molar-refractivity contribution is 5.99. The lowest BCUT2D eigenvalue weighted by Crippen LogP contribution is -2.58. The van der Waals surface area contributed by atoms with E-state index in [0.29, 0.717) is 45.4 Å². The van der Waals surface area contributed by atoms with Gasteiger partial charge in [-0.15, -0.1) is 13.2 Å². The van der Waals surface area contributed by atoms with Crippen LogP contribution in [0, 0.1) is 17.8 Å².